The first-order valence-corrected chi connectivity index (χ1v) is 8.13. The molecule has 0 saturated carbocycles. The van der Waals surface area contributed by atoms with Crippen LogP contribution in [0.4, 0.5) is 17.6 Å². The van der Waals surface area contributed by atoms with E-state index in [1.54, 1.807) is 0 Å². The van der Waals surface area contributed by atoms with Gasteiger partial charge in [-0.1, -0.05) is 35.5 Å². The highest BCUT2D eigenvalue weighted by Crippen LogP contribution is 2.23. The fourth-order valence-corrected chi connectivity index (χ4v) is 2.29. The molecule has 1 aromatic carbocycles. The fourth-order valence-electron chi connectivity index (χ4n) is 2.29. The molecule has 2 aromatic heterocycles. The third kappa shape index (κ3) is 4.77. The van der Waals surface area contributed by atoms with E-state index in [0.717, 1.165) is 30.1 Å². The summed E-state index contributed by atoms with van der Waals surface area (Å²) in [6.45, 7) is 3.50. The van der Waals surface area contributed by atoms with Crippen molar-refractivity contribution in [3.05, 3.63) is 48.2 Å². The largest absolute Gasteiger partial charge is 0.360 e. The zero-order chi connectivity index (χ0) is 17.6. The van der Waals surface area contributed by atoms with Gasteiger partial charge in [0.15, 0.2) is 5.82 Å². The maximum absolute atomic E-state index is 5.10. The normalized spacial score (nSPS) is 10.9. The van der Waals surface area contributed by atoms with Gasteiger partial charge >= 0.3 is 0 Å². The van der Waals surface area contributed by atoms with Gasteiger partial charge in [-0.25, -0.2) is 4.98 Å². The van der Waals surface area contributed by atoms with Crippen LogP contribution in [-0.4, -0.2) is 47.2 Å². The summed E-state index contributed by atoms with van der Waals surface area (Å²) >= 11 is 0. The molecule has 2 heterocycles. The molecule has 0 radical (unpaired) electrons. The third-order valence-corrected chi connectivity index (χ3v) is 3.52. The Bertz CT molecular complexity index is 815. The number of benzene rings is 1. The molecular weight excluding hydrogens is 316 g/mol. The number of aromatic nitrogens is 3. The van der Waals surface area contributed by atoms with E-state index in [0.29, 0.717) is 17.6 Å². The number of rotatable bonds is 7. The highest BCUT2D eigenvalue weighted by atomic mass is 16.5. The lowest BCUT2D eigenvalue weighted by molar-refractivity contribution is 0.400. The van der Waals surface area contributed by atoms with Crippen molar-refractivity contribution in [1.29, 1.82) is 0 Å². The van der Waals surface area contributed by atoms with Gasteiger partial charge in [0.2, 0.25) is 5.95 Å². The summed E-state index contributed by atoms with van der Waals surface area (Å²) in [6, 6.07) is 13.7. The van der Waals surface area contributed by atoms with E-state index in [2.05, 4.69) is 30.7 Å². The van der Waals surface area contributed by atoms with Crippen LogP contribution in [0, 0.1) is 6.92 Å². The lowest BCUT2D eigenvalue weighted by Crippen LogP contribution is -2.21. The van der Waals surface area contributed by atoms with Crippen molar-refractivity contribution in [2.24, 2.45) is 0 Å². The summed E-state index contributed by atoms with van der Waals surface area (Å²) in [7, 11) is 4.06. The predicted molar refractivity (Wildman–Crippen MR) is 99.0 cm³/mol. The smallest absolute Gasteiger partial charge is 0.225 e. The molecular formula is C18H22N6O. The molecule has 0 unspecified atom stereocenters. The third-order valence-electron chi connectivity index (χ3n) is 3.52. The summed E-state index contributed by atoms with van der Waals surface area (Å²) in [6.07, 6.45) is 0. The molecule has 130 valence electrons. The van der Waals surface area contributed by atoms with Gasteiger partial charge in [0.05, 0.1) is 5.69 Å². The quantitative estimate of drug-likeness (QED) is 0.685. The summed E-state index contributed by atoms with van der Waals surface area (Å²) in [5.74, 6) is 2.60. The van der Waals surface area contributed by atoms with Crippen LogP contribution in [0.25, 0.3) is 11.3 Å². The second-order valence-electron chi connectivity index (χ2n) is 6.01. The molecule has 0 bridgehead atoms. The van der Waals surface area contributed by atoms with Crippen molar-refractivity contribution in [3.8, 4) is 11.3 Å². The molecule has 3 aromatic rings. The second kappa shape index (κ2) is 7.76. The number of hydrogen-bond acceptors (Lipinski definition) is 7. The fraction of sp³-hybridized carbons (Fsp3) is 0.278. The number of nitrogens with one attached hydrogen (secondary N) is 2. The zero-order valence-corrected chi connectivity index (χ0v) is 14.7. The monoisotopic (exact) mass is 338 g/mol. The van der Waals surface area contributed by atoms with Crippen LogP contribution >= 0.6 is 0 Å². The van der Waals surface area contributed by atoms with Crippen LogP contribution in [0.1, 0.15) is 5.76 Å². The Morgan fingerprint density at radius 1 is 1.04 bits per heavy atom. The standard InChI is InChI=1S/C18H22N6O/c1-13-11-17(23-25-13)21-16-12-15(14-7-5-4-6-8-14)20-18(22-16)19-9-10-24(2)3/h4-8,11-12H,9-10H2,1-3H3,(H2,19,20,21,22,23). The average Bonchev–Trinajstić information content (AvgIpc) is 3.00. The van der Waals surface area contributed by atoms with Crippen molar-refractivity contribution < 1.29 is 4.52 Å². The molecule has 0 aliphatic carbocycles. The van der Waals surface area contributed by atoms with Crippen molar-refractivity contribution in [2.45, 2.75) is 6.92 Å². The SMILES string of the molecule is Cc1cc(Nc2cc(-c3ccccc3)nc(NCCN(C)C)n2)no1. The first kappa shape index (κ1) is 16.9. The molecule has 2 N–H and O–H groups in total. The van der Waals surface area contributed by atoms with Crippen molar-refractivity contribution in [2.75, 3.05) is 37.8 Å². The van der Waals surface area contributed by atoms with E-state index in [1.165, 1.54) is 0 Å². The van der Waals surface area contributed by atoms with E-state index >= 15 is 0 Å². The van der Waals surface area contributed by atoms with Crippen LogP contribution < -0.4 is 10.6 Å². The molecule has 0 spiro atoms. The molecule has 0 aliphatic rings. The Morgan fingerprint density at radius 2 is 1.84 bits per heavy atom. The minimum atomic E-state index is 0.575. The molecule has 25 heavy (non-hydrogen) atoms. The van der Waals surface area contributed by atoms with Crippen LogP contribution in [0.5, 0.6) is 0 Å². The van der Waals surface area contributed by atoms with E-state index < -0.39 is 0 Å². The van der Waals surface area contributed by atoms with Gasteiger partial charge in [0.1, 0.15) is 11.6 Å². The van der Waals surface area contributed by atoms with Gasteiger partial charge < -0.3 is 20.1 Å². The van der Waals surface area contributed by atoms with Gasteiger partial charge in [-0.05, 0) is 21.0 Å². The Labute approximate surface area is 147 Å². The zero-order valence-electron chi connectivity index (χ0n) is 14.7. The Morgan fingerprint density at radius 3 is 2.52 bits per heavy atom. The molecule has 0 saturated heterocycles. The van der Waals surface area contributed by atoms with Crippen molar-refractivity contribution in [3.63, 3.8) is 0 Å². The van der Waals surface area contributed by atoms with E-state index in [-0.39, 0.29) is 0 Å². The highest BCUT2D eigenvalue weighted by molar-refractivity contribution is 5.66. The summed E-state index contributed by atoms with van der Waals surface area (Å²) in [5.41, 5.74) is 1.87. The van der Waals surface area contributed by atoms with Crippen LogP contribution in [0.3, 0.4) is 0 Å². The van der Waals surface area contributed by atoms with E-state index in [1.807, 2.05) is 63.5 Å². The van der Waals surface area contributed by atoms with Gasteiger partial charge in [-0.3, -0.25) is 0 Å². The molecule has 0 aliphatic heterocycles. The van der Waals surface area contributed by atoms with Gasteiger partial charge in [0, 0.05) is 30.8 Å². The van der Waals surface area contributed by atoms with Crippen molar-refractivity contribution >= 4 is 17.6 Å². The lowest BCUT2D eigenvalue weighted by atomic mass is 10.1. The summed E-state index contributed by atoms with van der Waals surface area (Å²) in [5, 5.41) is 10.4. The van der Waals surface area contributed by atoms with Gasteiger partial charge in [-0.2, -0.15) is 4.98 Å². The number of anilines is 3. The maximum atomic E-state index is 5.10. The molecule has 3 rings (SSSR count). The average molecular weight is 338 g/mol. The second-order valence-corrected chi connectivity index (χ2v) is 6.01. The van der Waals surface area contributed by atoms with Crippen LogP contribution in [0.15, 0.2) is 47.0 Å². The van der Waals surface area contributed by atoms with Crippen molar-refractivity contribution in [1.82, 2.24) is 20.0 Å². The number of hydrogen-bond donors (Lipinski definition) is 2. The summed E-state index contributed by atoms with van der Waals surface area (Å²) < 4.78 is 5.10. The molecule has 7 heteroatoms. The van der Waals surface area contributed by atoms with Gasteiger partial charge in [0.25, 0.3) is 0 Å². The first-order chi connectivity index (χ1) is 12.1. The molecule has 7 nitrogen and oxygen atoms in total. The number of likely N-dealkylation sites (N-methyl/N-ethyl adjacent to an activating group) is 1. The lowest BCUT2D eigenvalue weighted by Gasteiger charge is -2.12. The molecule has 0 atom stereocenters. The minimum absolute atomic E-state index is 0.575. The first-order valence-electron chi connectivity index (χ1n) is 8.13. The molecule has 0 amide bonds. The van der Waals surface area contributed by atoms with Gasteiger partial charge in [-0.15, -0.1) is 0 Å². The molecule has 0 fully saturated rings. The number of nitrogens with zero attached hydrogens (tertiary/aromatic N) is 4. The minimum Gasteiger partial charge on any atom is -0.360 e. The van der Waals surface area contributed by atoms with E-state index in [4.69, 9.17) is 4.52 Å². The number of aryl methyl sites for hydroxylation is 1. The Kier molecular flexibility index (Phi) is 5.25. The topological polar surface area (TPSA) is 79.1 Å². The maximum Gasteiger partial charge on any atom is 0.225 e. The Balaban J connectivity index is 1.87. The Hall–Kier alpha value is -2.93. The van der Waals surface area contributed by atoms with E-state index in [9.17, 15) is 0 Å². The summed E-state index contributed by atoms with van der Waals surface area (Å²) in [4.78, 5) is 11.3. The predicted octanol–water partition coefficient (Wildman–Crippen LogP) is 3.16. The van der Waals surface area contributed by atoms with Crippen LogP contribution in [-0.2, 0) is 0 Å². The van der Waals surface area contributed by atoms with Crippen LogP contribution in [0.2, 0.25) is 0 Å². The highest BCUT2D eigenvalue weighted by Gasteiger charge is 2.09.